The van der Waals surface area contributed by atoms with Crippen LogP contribution in [0.15, 0.2) is 12.1 Å². The van der Waals surface area contributed by atoms with E-state index in [-0.39, 0.29) is 11.2 Å². The Balaban J connectivity index is 3.11. The predicted molar refractivity (Wildman–Crippen MR) is 75.4 cm³/mol. The van der Waals surface area contributed by atoms with Crippen molar-refractivity contribution in [3.8, 4) is 5.75 Å². The molecule has 0 heterocycles. The summed E-state index contributed by atoms with van der Waals surface area (Å²) >= 11 is 0. The van der Waals surface area contributed by atoms with Gasteiger partial charge in [0.15, 0.2) is 6.29 Å². The third kappa shape index (κ3) is 3.59. The first kappa shape index (κ1) is 14.7. The van der Waals surface area contributed by atoms with Gasteiger partial charge in [-0.25, -0.2) is 0 Å². The third-order valence-corrected chi connectivity index (χ3v) is 3.26. The van der Waals surface area contributed by atoms with Crippen molar-refractivity contribution in [1.29, 1.82) is 0 Å². The van der Waals surface area contributed by atoms with Crippen molar-refractivity contribution in [3.63, 3.8) is 0 Å². The maximum Gasteiger partial charge on any atom is 0.153 e. The fourth-order valence-corrected chi connectivity index (χ4v) is 2.00. The van der Waals surface area contributed by atoms with Crippen LogP contribution < -0.4 is 0 Å². The van der Waals surface area contributed by atoms with Gasteiger partial charge >= 0.3 is 0 Å². The number of hydrogen-bond donors (Lipinski definition) is 1. The van der Waals surface area contributed by atoms with E-state index in [0.29, 0.717) is 5.56 Å². The Labute approximate surface area is 110 Å². The van der Waals surface area contributed by atoms with Crippen LogP contribution in [0.25, 0.3) is 0 Å². The number of phenolic OH excluding ortho intramolecular Hbond substituents is 1. The molecule has 0 bridgehead atoms. The van der Waals surface area contributed by atoms with Gasteiger partial charge in [-0.05, 0) is 35.4 Å². The molecule has 0 radical (unpaired) electrons. The summed E-state index contributed by atoms with van der Waals surface area (Å²) in [7, 11) is 0. The van der Waals surface area contributed by atoms with E-state index in [1.54, 1.807) is 6.07 Å². The molecule has 0 aliphatic heterocycles. The van der Waals surface area contributed by atoms with Crippen LogP contribution in [0.2, 0.25) is 0 Å². The largest absolute Gasteiger partial charge is 0.507 e. The minimum Gasteiger partial charge on any atom is -0.507 e. The minimum atomic E-state index is -0.00896. The first-order chi connectivity index (χ1) is 8.40. The molecule has 2 nitrogen and oxygen atoms in total. The number of aromatic hydroxyl groups is 1. The first-order valence-corrected chi connectivity index (χ1v) is 6.71. The zero-order valence-electron chi connectivity index (χ0n) is 11.9. The van der Waals surface area contributed by atoms with E-state index < -0.39 is 0 Å². The van der Waals surface area contributed by atoms with Crippen LogP contribution in [0.4, 0.5) is 0 Å². The fraction of sp³-hybridized carbons (Fsp3) is 0.562. The van der Waals surface area contributed by atoms with Gasteiger partial charge in [-0.3, -0.25) is 4.79 Å². The zero-order valence-corrected chi connectivity index (χ0v) is 11.9. The van der Waals surface area contributed by atoms with Crippen molar-refractivity contribution in [1.82, 2.24) is 0 Å². The smallest absolute Gasteiger partial charge is 0.153 e. The molecule has 0 unspecified atom stereocenters. The Morgan fingerprint density at radius 2 is 1.89 bits per heavy atom. The van der Waals surface area contributed by atoms with E-state index in [4.69, 9.17) is 0 Å². The number of unbranched alkanes of at least 4 members (excludes halogenated alkanes) is 2. The van der Waals surface area contributed by atoms with Crippen LogP contribution >= 0.6 is 0 Å². The van der Waals surface area contributed by atoms with Gasteiger partial charge < -0.3 is 5.11 Å². The first-order valence-electron chi connectivity index (χ1n) is 6.71. The maximum absolute atomic E-state index is 11.0. The lowest BCUT2D eigenvalue weighted by Crippen LogP contribution is -2.12. The molecule has 0 fully saturated rings. The molecule has 0 saturated heterocycles. The summed E-state index contributed by atoms with van der Waals surface area (Å²) in [5.41, 5.74) is 2.41. The number of benzene rings is 1. The monoisotopic (exact) mass is 248 g/mol. The molecule has 0 aliphatic rings. The Morgan fingerprint density at radius 3 is 2.39 bits per heavy atom. The highest BCUT2D eigenvalue weighted by molar-refractivity contribution is 5.80. The molecule has 0 atom stereocenters. The number of aryl methyl sites for hydroxylation is 1. The number of carbonyl (C=O) groups is 1. The van der Waals surface area contributed by atoms with Crippen LogP contribution in [0.3, 0.4) is 0 Å². The van der Waals surface area contributed by atoms with E-state index in [2.05, 4.69) is 27.7 Å². The summed E-state index contributed by atoms with van der Waals surface area (Å²) in [6.07, 6.45) is 4.93. The Bertz CT molecular complexity index is 414. The normalized spacial score (nSPS) is 11.6. The summed E-state index contributed by atoms with van der Waals surface area (Å²) in [6.45, 7) is 8.50. The van der Waals surface area contributed by atoms with E-state index in [9.17, 15) is 9.90 Å². The van der Waals surface area contributed by atoms with Gasteiger partial charge in [-0.2, -0.15) is 0 Å². The predicted octanol–water partition coefficient (Wildman–Crippen LogP) is 4.23. The van der Waals surface area contributed by atoms with Crippen LogP contribution in [0.1, 0.15) is 68.4 Å². The Hall–Kier alpha value is -1.31. The summed E-state index contributed by atoms with van der Waals surface area (Å²) in [4.78, 5) is 11.0. The van der Waals surface area contributed by atoms with Crippen LogP contribution in [-0.4, -0.2) is 11.4 Å². The lowest BCUT2D eigenvalue weighted by Gasteiger charge is -2.21. The molecule has 1 N–H and O–H groups in total. The van der Waals surface area contributed by atoms with Crippen molar-refractivity contribution < 1.29 is 9.90 Å². The second kappa shape index (κ2) is 6.03. The standard InChI is InChI=1S/C16H24O2/c1-5-6-7-8-12-9-14(16(2,3)4)10-13(11-17)15(12)18/h9-11,18H,5-8H2,1-4H3. The van der Waals surface area contributed by atoms with Gasteiger partial charge in [-0.1, -0.05) is 46.6 Å². The highest BCUT2D eigenvalue weighted by Gasteiger charge is 2.18. The van der Waals surface area contributed by atoms with Gasteiger partial charge in [0.05, 0.1) is 5.56 Å². The molecule has 18 heavy (non-hydrogen) atoms. The van der Waals surface area contributed by atoms with Crippen molar-refractivity contribution in [2.75, 3.05) is 0 Å². The van der Waals surface area contributed by atoms with Crippen LogP contribution in [-0.2, 0) is 11.8 Å². The van der Waals surface area contributed by atoms with E-state index in [1.165, 1.54) is 0 Å². The maximum atomic E-state index is 11.0. The molecule has 2 heteroatoms. The molecule has 0 saturated carbocycles. The molecule has 0 aliphatic carbocycles. The molecule has 1 rings (SSSR count). The number of hydrogen-bond acceptors (Lipinski definition) is 2. The third-order valence-electron chi connectivity index (χ3n) is 3.26. The summed E-state index contributed by atoms with van der Waals surface area (Å²) in [6, 6.07) is 3.84. The van der Waals surface area contributed by atoms with Crippen molar-refractivity contribution in [2.45, 2.75) is 58.8 Å². The van der Waals surface area contributed by atoms with E-state index >= 15 is 0 Å². The highest BCUT2D eigenvalue weighted by atomic mass is 16.3. The molecule has 0 spiro atoms. The average molecular weight is 248 g/mol. The molecule has 1 aromatic rings. The second-order valence-corrected chi connectivity index (χ2v) is 5.90. The number of aldehydes is 1. The molecular formula is C16H24O2. The van der Waals surface area contributed by atoms with Crippen molar-refractivity contribution in [2.24, 2.45) is 0 Å². The SMILES string of the molecule is CCCCCc1cc(C(C)(C)C)cc(C=O)c1O. The van der Waals surface area contributed by atoms with Gasteiger partial charge in [0.1, 0.15) is 5.75 Å². The zero-order chi connectivity index (χ0) is 13.8. The van der Waals surface area contributed by atoms with Crippen LogP contribution in [0, 0.1) is 0 Å². The summed E-state index contributed by atoms with van der Waals surface area (Å²) < 4.78 is 0. The second-order valence-electron chi connectivity index (χ2n) is 5.90. The number of rotatable bonds is 5. The number of phenols is 1. The summed E-state index contributed by atoms with van der Waals surface area (Å²) in [5, 5.41) is 10.0. The summed E-state index contributed by atoms with van der Waals surface area (Å²) in [5.74, 6) is 0.161. The molecular weight excluding hydrogens is 224 g/mol. The van der Waals surface area contributed by atoms with E-state index in [0.717, 1.165) is 43.1 Å². The van der Waals surface area contributed by atoms with Gasteiger partial charge in [0, 0.05) is 0 Å². The quantitative estimate of drug-likeness (QED) is 0.625. The fourth-order valence-electron chi connectivity index (χ4n) is 2.00. The van der Waals surface area contributed by atoms with Crippen molar-refractivity contribution in [3.05, 3.63) is 28.8 Å². The van der Waals surface area contributed by atoms with Gasteiger partial charge in [0.25, 0.3) is 0 Å². The van der Waals surface area contributed by atoms with Gasteiger partial charge in [-0.15, -0.1) is 0 Å². The Kier molecular flexibility index (Phi) is 4.94. The molecule has 0 aromatic heterocycles. The number of carbonyl (C=O) groups excluding carboxylic acids is 1. The van der Waals surface area contributed by atoms with Gasteiger partial charge in [0.2, 0.25) is 0 Å². The lowest BCUT2D eigenvalue weighted by atomic mass is 9.84. The minimum absolute atomic E-state index is 0.00896. The average Bonchev–Trinajstić information content (AvgIpc) is 2.30. The molecule has 1 aromatic carbocycles. The molecule has 0 amide bonds. The molecule has 100 valence electrons. The van der Waals surface area contributed by atoms with Crippen molar-refractivity contribution >= 4 is 6.29 Å². The van der Waals surface area contributed by atoms with E-state index in [1.807, 2.05) is 6.07 Å². The highest BCUT2D eigenvalue weighted by Crippen LogP contribution is 2.31. The Morgan fingerprint density at radius 1 is 1.22 bits per heavy atom. The van der Waals surface area contributed by atoms with Crippen LogP contribution in [0.5, 0.6) is 5.75 Å². The topological polar surface area (TPSA) is 37.3 Å². The lowest BCUT2D eigenvalue weighted by molar-refractivity contribution is 0.112.